The highest BCUT2D eigenvalue weighted by Crippen LogP contribution is 2.23. The average molecular weight is 209 g/mol. The lowest BCUT2D eigenvalue weighted by molar-refractivity contribution is -0.134. The van der Waals surface area contributed by atoms with Gasteiger partial charge in [0.25, 0.3) is 0 Å². The highest BCUT2D eigenvalue weighted by molar-refractivity contribution is 5.83. The molecule has 4 nitrogen and oxygen atoms in total. The van der Waals surface area contributed by atoms with Gasteiger partial charge in [-0.3, -0.25) is 9.69 Å². The third-order valence-electron chi connectivity index (χ3n) is 2.90. The van der Waals surface area contributed by atoms with Crippen molar-refractivity contribution in [2.45, 2.75) is 45.2 Å². The van der Waals surface area contributed by atoms with Gasteiger partial charge in [-0.1, -0.05) is 6.92 Å². The van der Waals surface area contributed by atoms with Crippen LogP contribution in [0.15, 0.2) is 0 Å². The van der Waals surface area contributed by atoms with Gasteiger partial charge in [-0.2, -0.15) is 5.26 Å². The Labute approximate surface area is 91.2 Å². The first-order valence-electron chi connectivity index (χ1n) is 5.44. The number of rotatable bonds is 3. The molecule has 4 heteroatoms. The van der Waals surface area contributed by atoms with E-state index in [9.17, 15) is 4.79 Å². The molecule has 15 heavy (non-hydrogen) atoms. The molecule has 1 heterocycles. The van der Waals surface area contributed by atoms with Crippen LogP contribution in [0.2, 0.25) is 0 Å². The average Bonchev–Trinajstić information content (AvgIpc) is 2.18. The molecule has 1 unspecified atom stereocenters. The maximum Gasteiger partial charge on any atom is 0.238 e. The molecule has 1 aliphatic rings. The Morgan fingerprint density at radius 1 is 1.67 bits per heavy atom. The number of amides is 1. The van der Waals surface area contributed by atoms with E-state index < -0.39 is 0 Å². The van der Waals surface area contributed by atoms with Gasteiger partial charge in [-0.15, -0.1) is 0 Å². The maximum atomic E-state index is 11.7. The Kier molecular flexibility index (Phi) is 3.70. The van der Waals surface area contributed by atoms with E-state index in [0.717, 1.165) is 13.0 Å². The standard InChI is InChI=1S/C11H19N3O/c1-4-7-14-9(5-6-12)10(15)13-8-11(14,2)3/h9H,4-5,7-8H2,1-3H3,(H,13,15). The molecule has 1 atom stereocenters. The van der Waals surface area contributed by atoms with Crippen molar-refractivity contribution in [2.24, 2.45) is 0 Å². The first-order chi connectivity index (χ1) is 7.03. The van der Waals surface area contributed by atoms with Gasteiger partial charge in [0.1, 0.15) is 6.04 Å². The zero-order valence-electron chi connectivity index (χ0n) is 9.71. The molecule has 0 saturated carbocycles. The second-order valence-corrected chi connectivity index (χ2v) is 4.60. The zero-order chi connectivity index (χ0) is 11.5. The quantitative estimate of drug-likeness (QED) is 0.751. The second kappa shape index (κ2) is 4.63. The molecule has 0 spiro atoms. The lowest BCUT2D eigenvalue weighted by Crippen LogP contribution is -2.65. The summed E-state index contributed by atoms with van der Waals surface area (Å²) >= 11 is 0. The van der Waals surface area contributed by atoms with Crippen molar-refractivity contribution in [3.63, 3.8) is 0 Å². The highest BCUT2D eigenvalue weighted by atomic mass is 16.2. The monoisotopic (exact) mass is 209 g/mol. The molecule has 1 aliphatic heterocycles. The zero-order valence-corrected chi connectivity index (χ0v) is 9.71. The number of hydrogen-bond acceptors (Lipinski definition) is 3. The minimum atomic E-state index is -0.279. The SMILES string of the molecule is CCCN1C(CC#N)C(=O)NCC1(C)C. The van der Waals surface area contributed by atoms with Gasteiger partial charge in [-0.25, -0.2) is 0 Å². The molecule has 0 bridgehead atoms. The Morgan fingerprint density at radius 3 is 2.87 bits per heavy atom. The van der Waals surface area contributed by atoms with Crippen LogP contribution in [0, 0.1) is 11.3 Å². The fourth-order valence-electron chi connectivity index (χ4n) is 2.07. The summed E-state index contributed by atoms with van der Waals surface area (Å²) in [6, 6.07) is 1.81. The fourth-order valence-corrected chi connectivity index (χ4v) is 2.07. The molecule has 0 aliphatic carbocycles. The maximum absolute atomic E-state index is 11.7. The third kappa shape index (κ3) is 2.48. The van der Waals surface area contributed by atoms with Crippen LogP contribution < -0.4 is 5.32 Å². The number of nitriles is 1. The number of carbonyl (C=O) groups excluding carboxylic acids is 1. The fraction of sp³-hybridized carbons (Fsp3) is 0.818. The van der Waals surface area contributed by atoms with Gasteiger partial charge < -0.3 is 5.32 Å². The molecule has 84 valence electrons. The van der Waals surface area contributed by atoms with Crippen LogP contribution in [-0.2, 0) is 4.79 Å². The first kappa shape index (κ1) is 12.0. The highest BCUT2D eigenvalue weighted by Gasteiger charge is 2.40. The van der Waals surface area contributed by atoms with Crippen LogP contribution in [-0.4, -0.2) is 35.5 Å². The van der Waals surface area contributed by atoms with Crippen LogP contribution in [0.5, 0.6) is 0 Å². The topological polar surface area (TPSA) is 56.1 Å². The summed E-state index contributed by atoms with van der Waals surface area (Å²) in [5.41, 5.74) is -0.0502. The van der Waals surface area contributed by atoms with E-state index in [4.69, 9.17) is 5.26 Å². The van der Waals surface area contributed by atoms with Gasteiger partial charge in [0.15, 0.2) is 0 Å². The molecular weight excluding hydrogens is 190 g/mol. The summed E-state index contributed by atoms with van der Waals surface area (Å²) in [5, 5.41) is 11.6. The van der Waals surface area contributed by atoms with Gasteiger partial charge >= 0.3 is 0 Å². The van der Waals surface area contributed by atoms with Crippen LogP contribution in [0.1, 0.15) is 33.6 Å². The predicted molar refractivity (Wildman–Crippen MR) is 58.1 cm³/mol. The number of carbonyl (C=O) groups is 1. The van der Waals surface area contributed by atoms with E-state index in [1.54, 1.807) is 0 Å². The summed E-state index contributed by atoms with van der Waals surface area (Å²) in [6.45, 7) is 7.82. The minimum absolute atomic E-state index is 0.00988. The normalized spacial score (nSPS) is 25.7. The van der Waals surface area contributed by atoms with Crippen molar-refractivity contribution in [1.82, 2.24) is 10.2 Å². The van der Waals surface area contributed by atoms with E-state index in [-0.39, 0.29) is 23.9 Å². The molecule has 1 amide bonds. The third-order valence-corrected chi connectivity index (χ3v) is 2.90. The first-order valence-corrected chi connectivity index (χ1v) is 5.44. The molecule has 0 aromatic carbocycles. The number of hydrogen-bond donors (Lipinski definition) is 1. The molecule has 0 aromatic rings. The molecule has 1 rings (SSSR count). The summed E-state index contributed by atoms with van der Waals surface area (Å²) in [5.74, 6) is -0.00988. The summed E-state index contributed by atoms with van der Waals surface area (Å²) in [4.78, 5) is 13.8. The molecule has 1 saturated heterocycles. The second-order valence-electron chi connectivity index (χ2n) is 4.60. The Bertz CT molecular complexity index is 280. The van der Waals surface area contributed by atoms with E-state index in [1.165, 1.54) is 0 Å². The lowest BCUT2D eigenvalue weighted by Gasteiger charge is -2.46. The van der Waals surface area contributed by atoms with Crippen LogP contribution in [0.3, 0.4) is 0 Å². The van der Waals surface area contributed by atoms with E-state index in [0.29, 0.717) is 6.54 Å². The van der Waals surface area contributed by atoms with Crippen molar-refractivity contribution >= 4 is 5.91 Å². The molecule has 0 aromatic heterocycles. The van der Waals surface area contributed by atoms with Gasteiger partial charge in [0, 0.05) is 12.1 Å². The summed E-state index contributed by atoms with van der Waals surface area (Å²) < 4.78 is 0. The van der Waals surface area contributed by atoms with Crippen molar-refractivity contribution in [2.75, 3.05) is 13.1 Å². The Hall–Kier alpha value is -1.08. The predicted octanol–water partition coefficient (Wildman–Crippen LogP) is 0.889. The van der Waals surface area contributed by atoms with Crippen molar-refractivity contribution in [3.05, 3.63) is 0 Å². The van der Waals surface area contributed by atoms with Crippen LogP contribution in [0.4, 0.5) is 0 Å². The van der Waals surface area contributed by atoms with E-state index >= 15 is 0 Å². The van der Waals surface area contributed by atoms with Crippen LogP contribution in [0.25, 0.3) is 0 Å². The largest absolute Gasteiger partial charge is 0.353 e. The Balaban J connectivity index is 2.86. The molecule has 1 N–H and O–H groups in total. The number of piperazine rings is 1. The smallest absolute Gasteiger partial charge is 0.238 e. The van der Waals surface area contributed by atoms with Crippen molar-refractivity contribution in [3.8, 4) is 6.07 Å². The molecule has 1 fully saturated rings. The summed E-state index contributed by atoms with van der Waals surface area (Å²) in [6.07, 6.45) is 1.27. The van der Waals surface area contributed by atoms with Crippen LogP contribution >= 0.6 is 0 Å². The summed E-state index contributed by atoms with van der Waals surface area (Å²) in [7, 11) is 0. The minimum Gasteiger partial charge on any atom is -0.353 e. The van der Waals surface area contributed by atoms with E-state index in [2.05, 4.69) is 37.1 Å². The number of nitrogens with one attached hydrogen (secondary N) is 1. The molecule has 0 radical (unpaired) electrons. The molecular formula is C11H19N3O. The van der Waals surface area contributed by atoms with Gasteiger partial charge in [0.2, 0.25) is 5.91 Å². The van der Waals surface area contributed by atoms with E-state index in [1.807, 2.05) is 0 Å². The van der Waals surface area contributed by atoms with Crippen molar-refractivity contribution < 1.29 is 4.79 Å². The number of nitrogens with zero attached hydrogens (tertiary/aromatic N) is 2. The lowest BCUT2D eigenvalue weighted by atomic mass is 9.94. The van der Waals surface area contributed by atoms with Gasteiger partial charge in [0.05, 0.1) is 12.5 Å². The van der Waals surface area contributed by atoms with Crippen molar-refractivity contribution in [1.29, 1.82) is 5.26 Å². The Morgan fingerprint density at radius 2 is 2.33 bits per heavy atom. The van der Waals surface area contributed by atoms with Gasteiger partial charge in [-0.05, 0) is 26.8 Å².